The number of hydrogen-bond acceptors (Lipinski definition) is 2. The Morgan fingerprint density at radius 2 is 2.27 bits per heavy atom. The van der Waals surface area contributed by atoms with E-state index in [-0.39, 0.29) is 0 Å². The molecule has 2 nitrogen and oxygen atoms in total. The zero-order valence-corrected chi connectivity index (χ0v) is 9.65. The van der Waals surface area contributed by atoms with E-state index in [2.05, 4.69) is 17.7 Å². The van der Waals surface area contributed by atoms with Gasteiger partial charge < -0.3 is 5.73 Å². The van der Waals surface area contributed by atoms with Crippen molar-refractivity contribution in [2.75, 3.05) is 13.1 Å². The Morgan fingerprint density at radius 1 is 1.47 bits per heavy atom. The third-order valence-electron chi connectivity index (χ3n) is 4.20. The molecule has 2 N–H and O–H groups in total. The quantitative estimate of drug-likeness (QED) is 0.693. The second kappa shape index (κ2) is 4.55. The number of likely N-dealkylation sites (tertiary alicyclic amines) is 1. The second-order valence-electron chi connectivity index (χ2n) is 5.06. The first-order valence-corrected chi connectivity index (χ1v) is 6.22. The molecule has 1 saturated carbocycles. The van der Waals surface area contributed by atoms with Crippen LogP contribution < -0.4 is 5.73 Å². The van der Waals surface area contributed by atoms with Crippen molar-refractivity contribution in [1.82, 2.24) is 4.90 Å². The van der Waals surface area contributed by atoms with Gasteiger partial charge in [0.15, 0.2) is 0 Å². The van der Waals surface area contributed by atoms with Gasteiger partial charge in [-0.15, -0.1) is 6.42 Å². The molecule has 0 amide bonds. The SMILES string of the molecule is C#CC(CC)N1CC2CCCC(N)C2C1. The highest BCUT2D eigenvalue weighted by atomic mass is 15.2. The van der Waals surface area contributed by atoms with E-state index in [0.717, 1.165) is 18.9 Å². The first kappa shape index (κ1) is 11.0. The van der Waals surface area contributed by atoms with Crippen LogP contribution in [0.4, 0.5) is 0 Å². The summed E-state index contributed by atoms with van der Waals surface area (Å²) >= 11 is 0. The summed E-state index contributed by atoms with van der Waals surface area (Å²) in [6.07, 6.45) is 10.5. The van der Waals surface area contributed by atoms with Gasteiger partial charge in [0.1, 0.15) is 0 Å². The Bertz CT molecular complexity index is 256. The molecule has 0 spiro atoms. The first-order chi connectivity index (χ1) is 7.26. The van der Waals surface area contributed by atoms with Gasteiger partial charge in [0.25, 0.3) is 0 Å². The minimum absolute atomic E-state index is 0.336. The van der Waals surface area contributed by atoms with Crippen molar-refractivity contribution >= 4 is 0 Å². The molecule has 4 unspecified atom stereocenters. The van der Waals surface area contributed by atoms with Gasteiger partial charge in [-0.25, -0.2) is 0 Å². The predicted molar refractivity (Wildman–Crippen MR) is 63.3 cm³/mol. The molecule has 15 heavy (non-hydrogen) atoms. The molecule has 4 atom stereocenters. The van der Waals surface area contributed by atoms with E-state index < -0.39 is 0 Å². The van der Waals surface area contributed by atoms with Gasteiger partial charge in [-0.05, 0) is 31.1 Å². The van der Waals surface area contributed by atoms with Gasteiger partial charge in [0.05, 0.1) is 6.04 Å². The molecule has 0 radical (unpaired) electrons. The van der Waals surface area contributed by atoms with Gasteiger partial charge >= 0.3 is 0 Å². The van der Waals surface area contributed by atoms with Gasteiger partial charge in [-0.3, -0.25) is 4.90 Å². The lowest BCUT2D eigenvalue weighted by Crippen LogP contribution is -2.38. The Kier molecular flexibility index (Phi) is 3.33. The fraction of sp³-hybridized carbons (Fsp3) is 0.846. The molecule has 2 fully saturated rings. The van der Waals surface area contributed by atoms with Crippen LogP contribution in [0.2, 0.25) is 0 Å². The van der Waals surface area contributed by atoms with Crippen LogP contribution in [0.25, 0.3) is 0 Å². The normalized spacial score (nSPS) is 38.3. The highest BCUT2D eigenvalue weighted by molar-refractivity contribution is 5.04. The number of hydrogen-bond donors (Lipinski definition) is 1. The molecule has 2 heteroatoms. The van der Waals surface area contributed by atoms with Crippen LogP contribution in [0.1, 0.15) is 32.6 Å². The first-order valence-electron chi connectivity index (χ1n) is 6.22. The molecular formula is C13H22N2. The van der Waals surface area contributed by atoms with Gasteiger partial charge in [0.2, 0.25) is 0 Å². The standard InChI is InChI=1S/C13H22N2/c1-3-11(4-2)15-8-10-6-5-7-13(14)12(10)9-15/h1,10-13H,4-9,14H2,2H3. The van der Waals surface area contributed by atoms with Crippen LogP contribution in [-0.2, 0) is 0 Å². The van der Waals surface area contributed by atoms with Crippen molar-refractivity contribution in [3.63, 3.8) is 0 Å². The van der Waals surface area contributed by atoms with Crippen LogP contribution in [0.15, 0.2) is 0 Å². The summed E-state index contributed by atoms with van der Waals surface area (Å²) in [6, 6.07) is 0.756. The lowest BCUT2D eigenvalue weighted by Gasteiger charge is -2.30. The van der Waals surface area contributed by atoms with Gasteiger partial charge in [-0.2, -0.15) is 0 Å². The molecule has 1 aliphatic heterocycles. The van der Waals surface area contributed by atoms with Crippen molar-refractivity contribution in [2.45, 2.75) is 44.7 Å². The van der Waals surface area contributed by atoms with Crippen LogP contribution >= 0.6 is 0 Å². The topological polar surface area (TPSA) is 29.3 Å². The molecule has 0 aromatic rings. The summed E-state index contributed by atoms with van der Waals surface area (Å²) in [4.78, 5) is 2.47. The summed E-state index contributed by atoms with van der Waals surface area (Å²) in [5, 5.41) is 0. The Balaban J connectivity index is 2.01. The zero-order chi connectivity index (χ0) is 10.8. The summed E-state index contributed by atoms with van der Waals surface area (Å²) in [6.45, 7) is 4.49. The van der Waals surface area contributed by atoms with E-state index in [1.807, 2.05) is 0 Å². The molecular weight excluding hydrogens is 184 g/mol. The smallest absolute Gasteiger partial charge is 0.0709 e. The lowest BCUT2D eigenvalue weighted by atomic mass is 9.78. The molecule has 1 aliphatic carbocycles. The van der Waals surface area contributed by atoms with E-state index in [4.69, 9.17) is 12.2 Å². The van der Waals surface area contributed by atoms with Crippen molar-refractivity contribution in [3.8, 4) is 12.3 Å². The predicted octanol–water partition coefficient (Wildman–Crippen LogP) is 1.46. The van der Waals surface area contributed by atoms with E-state index in [1.54, 1.807) is 0 Å². The van der Waals surface area contributed by atoms with E-state index in [9.17, 15) is 0 Å². The monoisotopic (exact) mass is 206 g/mol. The number of fused-ring (bicyclic) bond motifs is 1. The minimum Gasteiger partial charge on any atom is -0.327 e. The van der Waals surface area contributed by atoms with E-state index >= 15 is 0 Å². The van der Waals surface area contributed by atoms with Crippen LogP contribution in [0.5, 0.6) is 0 Å². The number of rotatable bonds is 2. The van der Waals surface area contributed by atoms with E-state index in [1.165, 1.54) is 25.8 Å². The van der Waals surface area contributed by atoms with E-state index in [0.29, 0.717) is 18.0 Å². The Labute approximate surface area is 93.2 Å². The fourth-order valence-corrected chi connectivity index (χ4v) is 3.29. The van der Waals surface area contributed by atoms with Crippen LogP contribution in [0, 0.1) is 24.2 Å². The Morgan fingerprint density at radius 3 is 2.87 bits per heavy atom. The number of nitrogens with zero attached hydrogens (tertiary/aromatic N) is 1. The van der Waals surface area contributed by atoms with Crippen molar-refractivity contribution < 1.29 is 0 Å². The van der Waals surface area contributed by atoms with Gasteiger partial charge in [-0.1, -0.05) is 19.3 Å². The number of terminal acetylenes is 1. The third kappa shape index (κ3) is 2.04. The molecule has 1 saturated heterocycles. The average molecular weight is 206 g/mol. The average Bonchev–Trinajstić information content (AvgIpc) is 2.65. The summed E-state index contributed by atoms with van der Waals surface area (Å²) in [7, 11) is 0. The van der Waals surface area contributed by atoms with Crippen molar-refractivity contribution in [1.29, 1.82) is 0 Å². The second-order valence-corrected chi connectivity index (χ2v) is 5.06. The molecule has 0 aromatic heterocycles. The largest absolute Gasteiger partial charge is 0.327 e. The zero-order valence-electron chi connectivity index (χ0n) is 9.65. The summed E-state index contributed by atoms with van der Waals surface area (Å²) in [5.74, 6) is 4.43. The number of nitrogens with two attached hydrogens (primary N) is 1. The fourth-order valence-electron chi connectivity index (χ4n) is 3.29. The highest BCUT2D eigenvalue weighted by Crippen LogP contribution is 2.36. The van der Waals surface area contributed by atoms with Crippen molar-refractivity contribution in [3.05, 3.63) is 0 Å². The maximum Gasteiger partial charge on any atom is 0.0709 e. The summed E-state index contributed by atoms with van der Waals surface area (Å²) < 4.78 is 0. The molecule has 1 heterocycles. The third-order valence-corrected chi connectivity index (χ3v) is 4.20. The van der Waals surface area contributed by atoms with Gasteiger partial charge in [0, 0.05) is 19.1 Å². The van der Waals surface area contributed by atoms with Crippen molar-refractivity contribution in [2.24, 2.45) is 17.6 Å². The van der Waals surface area contributed by atoms with Crippen LogP contribution in [-0.4, -0.2) is 30.1 Å². The molecule has 84 valence electrons. The minimum atomic E-state index is 0.336. The van der Waals surface area contributed by atoms with Crippen LogP contribution in [0.3, 0.4) is 0 Å². The highest BCUT2D eigenvalue weighted by Gasteiger charge is 2.40. The Hall–Kier alpha value is -0.520. The molecule has 2 aliphatic rings. The molecule has 2 rings (SSSR count). The molecule has 0 bridgehead atoms. The maximum absolute atomic E-state index is 6.19. The lowest BCUT2D eigenvalue weighted by molar-refractivity contribution is 0.256. The summed E-state index contributed by atoms with van der Waals surface area (Å²) in [5.41, 5.74) is 6.19. The maximum atomic E-state index is 6.19. The molecule has 0 aromatic carbocycles.